The minimum Gasteiger partial charge on any atom is -0.447 e. The van der Waals surface area contributed by atoms with Crippen LogP contribution < -0.4 is 5.32 Å². The Morgan fingerprint density at radius 3 is 2.61 bits per heavy atom. The lowest BCUT2D eigenvalue weighted by atomic mass is 10.1. The summed E-state index contributed by atoms with van der Waals surface area (Å²) < 4.78 is 18.8. The zero-order chi connectivity index (χ0) is 22.4. The molecule has 1 aromatic heterocycles. The van der Waals surface area contributed by atoms with Crippen molar-refractivity contribution in [3.05, 3.63) is 87.3 Å². The number of aromatic nitrogens is 1. The Labute approximate surface area is 191 Å². The lowest BCUT2D eigenvalue weighted by Crippen LogP contribution is -2.32. The quantitative estimate of drug-likeness (QED) is 0.432. The molecule has 2 aromatic carbocycles. The molecule has 1 amide bonds. The molecule has 0 saturated heterocycles. The number of amides is 1. The third-order valence-corrected chi connectivity index (χ3v) is 5.74. The van der Waals surface area contributed by atoms with Crippen molar-refractivity contribution in [3.8, 4) is 0 Å². The van der Waals surface area contributed by atoms with Crippen LogP contribution in [-0.4, -0.2) is 21.8 Å². The van der Waals surface area contributed by atoms with Crippen molar-refractivity contribution in [1.29, 1.82) is 0 Å². The number of carbonyl (C=O) groups excluding carboxylic acids is 1. The van der Waals surface area contributed by atoms with Gasteiger partial charge in [-0.1, -0.05) is 54.4 Å². The Balaban J connectivity index is 1.78. The largest absolute Gasteiger partial charge is 0.447 e. The zero-order valence-corrected chi connectivity index (χ0v) is 18.9. The average molecular weight is 464 g/mol. The van der Waals surface area contributed by atoms with Crippen molar-refractivity contribution >= 4 is 29.1 Å². The first-order valence-corrected chi connectivity index (χ1v) is 10.8. The van der Waals surface area contributed by atoms with E-state index >= 15 is 0 Å². The van der Waals surface area contributed by atoms with Gasteiger partial charge in [0.2, 0.25) is 5.89 Å². The van der Waals surface area contributed by atoms with E-state index in [0.29, 0.717) is 35.6 Å². The molecule has 0 aliphatic rings. The second-order valence-corrected chi connectivity index (χ2v) is 8.18. The number of nitrogens with one attached hydrogen (secondary N) is 1. The highest BCUT2D eigenvalue weighted by atomic mass is 35.5. The van der Waals surface area contributed by atoms with E-state index in [2.05, 4.69) is 10.3 Å². The number of benzene rings is 2. The molecule has 3 aromatic rings. The predicted molar refractivity (Wildman–Crippen MR) is 120 cm³/mol. The van der Waals surface area contributed by atoms with Gasteiger partial charge in [-0.15, -0.1) is 0 Å². The molecule has 1 heterocycles. The second-order valence-electron chi connectivity index (χ2n) is 7.39. The standard InChI is InChI=1S/C23H24Cl2FN3O2/c1-3-15(2)27-23(30)20-14-31-21(28-20)13-29(11-16-7-9-18(26)10-8-16)12-17-5-4-6-19(24)22(17)25/h4-10,14-15H,3,11-13H2,1-2H3,(H,27,30). The van der Waals surface area contributed by atoms with Crippen molar-refractivity contribution in [2.45, 2.75) is 45.9 Å². The normalized spacial score (nSPS) is 12.2. The highest BCUT2D eigenvalue weighted by Crippen LogP contribution is 2.27. The minimum absolute atomic E-state index is 0.0487. The van der Waals surface area contributed by atoms with Crippen LogP contribution >= 0.6 is 23.2 Å². The Morgan fingerprint density at radius 2 is 1.90 bits per heavy atom. The average Bonchev–Trinajstić information content (AvgIpc) is 3.21. The molecule has 0 aliphatic carbocycles. The van der Waals surface area contributed by atoms with Crippen LogP contribution in [0.25, 0.3) is 0 Å². The van der Waals surface area contributed by atoms with Crippen LogP contribution in [0.15, 0.2) is 53.1 Å². The van der Waals surface area contributed by atoms with Crippen molar-refractivity contribution < 1.29 is 13.6 Å². The number of nitrogens with zero attached hydrogens (tertiary/aromatic N) is 2. The van der Waals surface area contributed by atoms with E-state index in [4.69, 9.17) is 27.6 Å². The van der Waals surface area contributed by atoms with Crippen molar-refractivity contribution in [2.24, 2.45) is 0 Å². The Bertz CT molecular complexity index is 1020. The highest BCUT2D eigenvalue weighted by Gasteiger charge is 2.18. The molecule has 0 aliphatic heterocycles. The summed E-state index contributed by atoms with van der Waals surface area (Å²) in [6.07, 6.45) is 2.18. The Morgan fingerprint density at radius 1 is 1.16 bits per heavy atom. The fourth-order valence-corrected chi connectivity index (χ4v) is 3.39. The molecule has 0 fully saturated rings. The lowest BCUT2D eigenvalue weighted by Gasteiger charge is -2.22. The summed E-state index contributed by atoms with van der Waals surface area (Å²) in [5, 5.41) is 3.82. The number of rotatable bonds is 9. The van der Waals surface area contributed by atoms with Crippen LogP contribution in [0.1, 0.15) is 47.8 Å². The summed E-state index contributed by atoms with van der Waals surface area (Å²) in [6.45, 7) is 5.22. The molecule has 0 radical (unpaired) electrons. The van der Waals surface area contributed by atoms with Gasteiger partial charge in [0.25, 0.3) is 5.91 Å². The molecule has 3 rings (SSSR count). The molecule has 0 bridgehead atoms. The fourth-order valence-electron chi connectivity index (χ4n) is 3.01. The van der Waals surface area contributed by atoms with E-state index < -0.39 is 0 Å². The van der Waals surface area contributed by atoms with Gasteiger partial charge in [-0.25, -0.2) is 9.37 Å². The van der Waals surface area contributed by atoms with Gasteiger partial charge in [-0.05, 0) is 42.7 Å². The molecule has 5 nitrogen and oxygen atoms in total. The van der Waals surface area contributed by atoms with Gasteiger partial charge in [0.15, 0.2) is 5.69 Å². The summed E-state index contributed by atoms with van der Waals surface area (Å²) in [6, 6.07) is 11.8. The number of hydrogen-bond acceptors (Lipinski definition) is 4. The summed E-state index contributed by atoms with van der Waals surface area (Å²) in [7, 11) is 0. The van der Waals surface area contributed by atoms with Gasteiger partial charge in [0.05, 0.1) is 16.6 Å². The summed E-state index contributed by atoms with van der Waals surface area (Å²) >= 11 is 12.5. The SMILES string of the molecule is CCC(C)NC(=O)c1coc(CN(Cc2ccc(F)cc2)Cc2cccc(Cl)c2Cl)n1. The third kappa shape index (κ3) is 6.53. The molecule has 31 heavy (non-hydrogen) atoms. The molecule has 164 valence electrons. The monoisotopic (exact) mass is 463 g/mol. The third-order valence-electron chi connectivity index (χ3n) is 4.88. The van der Waals surface area contributed by atoms with Crippen LogP contribution in [0.4, 0.5) is 4.39 Å². The van der Waals surface area contributed by atoms with E-state index in [1.165, 1.54) is 18.4 Å². The van der Waals surface area contributed by atoms with Gasteiger partial charge in [-0.2, -0.15) is 0 Å². The van der Waals surface area contributed by atoms with Crippen LogP contribution in [0, 0.1) is 5.82 Å². The first-order valence-electron chi connectivity index (χ1n) is 10.0. The first-order chi connectivity index (χ1) is 14.9. The van der Waals surface area contributed by atoms with E-state index in [0.717, 1.165) is 17.5 Å². The number of hydrogen-bond donors (Lipinski definition) is 1. The molecule has 0 spiro atoms. The maximum atomic E-state index is 13.3. The number of halogens is 3. The Kier molecular flexibility index (Phi) is 8.07. The van der Waals surface area contributed by atoms with Gasteiger partial charge in [0.1, 0.15) is 12.1 Å². The van der Waals surface area contributed by atoms with Crippen molar-refractivity contribution in [1.82, 2.24) is 15.2 Å². The number of oxazole rings is 1. The maximum absolute atomic E-state index is 13.3. The van der Waals surface area contributed by atoms with E-state index in [1.54, 1.807) is 18.2 Å². The molecular weight excluding hydrogens is 440 g/mol. The molecule has 0 saturated carbocycles. The first kappa shape index (κ1) is 23.3. The van der Waals surface area contributed by atoms with Gasteiger partial charge in [0, 0.05) is 19.1 Å². The summed E-state index contributed by atoms with van der Waals surface area (Å²) in [5.41, 5.74) is 2.00. The van der Waals surface area contributed by atoms with Gasteiger partial charge < -0.3 is 9.73 Å². The molecule has 8 heteroatoms. The fraction of sp³-hybridized carbons (Fsp3) is 0.304. The highest BCUT2D eigenvalue weighted by molar-refractivity contribution is 6.42. The van der Waals surface area contributed by atoms with Crippen molar-refractivity contribution in [3.63, 3.8) is 0 Å². The van der Waals surface area contributed by atoms with E-state index in [-0.39, 0.29) is 23.5 Å². The number of carbonyl (C=O) groups is 1. The smallest absolute Gasteiger partial charge is 0.273 e. The topological polar surface area (TPSA) is 58.4 Å². The Hall–Kier alpha value is -2.41. The molecule has 1 atom stereocenters. The van der Waals surface area contributed by atoms with Gasteiger partial charge >= 0.3 is 0 Å². The van der Waals surface area contributed by atoms with Crippen LogP contribution in [-0.2, 0) is 19.6 Å². The minimum atomic E-state index is -0.294. The van der Waals surface area contributed by atoms with Crippen LogP contribution in [0.2, 0.25) is 10.0 Å². The maximum Gasteiger partial charge on any atom is 0.273 e. The van der Waals surface area contributed by atoms with Crippen molar-refractivity contribution in [2.75, 3.05) is 0 Å². The van der Waals surface area contributed by atoms with E-state index in [1.807, 2.05) is 30.9 Å². The van der Waals surface area contributed by atoms with Crippen LogP contribution in [0.5, 0.6) is 0 Å². The lowest BCUT2D eigenvalue weighted by molar-refractivity contribution is 0.0934. The van der Waals surface area contributed by atoms with Crippen LogP contribution in [0.3, 0.4) is 0 Å². The summed E-state index contributed by atoms with van der Waals surface area (Å²) in [4.78, 5) is 18.7. The zero-order valence-electron chi connectivity index (χ0n) is 17.4. The summed E-state index contributed by atoms with van der Waals surface area (Å²) in [5.74, 6) is -0.167. The van der Waals surface area contributed by atoms with E-state index in [9.17, 15) is 9.18 Å². The van der Waals surface area contributed by atoms with Gasteiger partial charge in [-0.3, -0.25) is 9.69 Å². The molecular formula is C23H24Cl2FN3O2. The molecule has 1 N–H and O–H groups in total. The predicted octanol–water partition coefficient (Wildman–Crippen LogP) is 5.85. The molecule has 1 unspecified atom stereocenters. The second kappa shape index (κ2) is 10.8.